The molecule has 0 aromatic heterocycles. The zero-order valence-electron chi connectivity index (χ0n) is 8.90. The quantitative estimate of drug-likeness (QED) is 0.770. The minimum atomic E-state index is -3.29. The lowest BCUT2D eigenvalue weighted by atomic mass is 10.3. The van der Waals surface area contributed by atoms with Crippen LogP contribution >= 0.6 is 0 Å². The molecule has 0 amide bonds. The molecule has 84 valence electrons. The molecule has 1 aromatic rings. The molecule has 0 saturated heterocycles. The standard InChI is InChI=1S/C10H16N2O2S/c1-8(2)7-15(13,14)12-10-6-4-3-5-9(10)11/h3-6,8,12H,7,11H2,1-2H3. The maximum atomic E-state index is 11.6. The van der Waals surface area contributed by atoms with E-state index in [1.165, 1.54) is 0 Å². The van der Waals surface area contributed by atoms with Crippen LogP contribution in [0.3, 0.4) is 0 Å². The second-order valence-electron chi connectivity index (χ2n) is 3.86. The molecule has 0 heterocycles. The van der Waals surface area contributed by atoms with Gasteiger partial charge in [-0.25, -0.2) is 8.42 Å². The molecule has 5 heteroatoms. The zero-order valence-corrected chi connectivity index (χ0v) is 9.71. The summed E-state index contributed by atoms with van der Waals surface area (Å²) in [5.74, 6) is 0.189. The van der Waals surface area contributed by atoms with Gasteiger partial charge in [-0.3, -0.25) is 4.72 Å². The first-order valence-corrected chi connectivity index (χ1v) is 6.41. The molecular formula is C10H16N2O2S. The maximum absolute atomic E-state index is 11.6. The second kappa shape index (κ2) is 4.53. The SMILES string of the molecule is CC(C)CS(=O)(=O)Nc1ccccc1N. The lowest BCUT2D eigenvalue weighted by Gasteiger charge is -2.11. The van der Waals surface area contributed by atoms with Crippen LogP contribution in [0, 0.1) is 5.92 Å². The number of anilines is 2. The first-order valence-electron chi connectivity index (χ1n) is 4.76. The van der Waals surface area contributed by atoms with E-state index in [1.54, 1.807) is 24.3 Å². The Hall–Kier alpha value is -1.23. The van der Waals surface area contributed by atoms with Crippen LogP contribution in [0.15, 0.2) is 24.3 Å². The number of nitrogens with two attached hydrogens (primary N) is 1. The van der Waals surface area contributed by atoms with Crippen LogP contribution in [0.5, 0.6) is 0 Å². The first kappa shape index (κ1) is 11.8. The van der Waals surface area contributed by atoms with Gasteiger partial charge in [0.05, 0.1) is 17.1 Å². The number of nitrogens with one attached hydrogen (secondary N) is 1. The molecule has 1 rings (SSSR count). The summed E-state index contributed by atoms with van der Waals surface area (Å²) in [5, 5.41) is 0. The molecule has 0 aliphatic rings. The summed E-state index contributed by atoms with van der Waals surface area (Å²) in [4.78, 5) is 0. The van der Waals surface area contributed by atoms with Crippen molar-refractivity contribution in [1.29, 1.82) is 0 Å². The molecule has 4 nitrogen and oxygen atoms in total. The van der Waals surface area contributed by atoms with Crippen molar-refractivity contribution in [2.45, 2.75) is 13.8 Å². The topological polar surface area (TPSA) is 72.2 Å². The third-order valence-electron chi connectivity index (χ3n) is 1.78. The number of rotatable bonds is 4. The highest BCUT2D eigenvalue weighted by Crippen LogP contribution is 2.18. The summed E-state index contributed by atoms with van der Waals surface area (Å²) >= 11 is 0. The van der Waals surface area contributed by atoms with Crippen molar-refractivity contribution in [2.75, 3.05) is 16.2 Å². The van der Waals surface area contributed by atoms with Gasteiger partial charge in [0.15, 0.2) is 0 Å². The van der Waals surface area contributed by atoms with Crippen LogP contribution in [0.2, 0.25) is 0 Å². The number of para-hydroxylation sites is 2. The van der Waals surface area contributed by atoms with E-state index in [1.807, 2.05) is 13.8 Å². The van der Waals surface area contributed by atoms with E-state index in [9.17, 15) is 8.42 Å². The summed E-state index contributed by atoms with van der Waals surface area (Å²) in [6, 6.07) is 6.81. The molecule has 0 atom stereocenters. The molecule has 0 unspecified atom stereocenters. The van der Waals surface area contributed by atoms with E-state index in [2.05, 4.69) is 4.72 Å². The Labute approximate surface area is 90.5 Å². The number of benzene rings is 1. The molecule has 0 fully saturated rings. The normalized spacial score (nSPS) is 11.7. The van der Waals surface area contributed by atoms with Gasteiger partial charge in [0, 0.05) is 0 Å². The minimum Gasteiger partial charge on any atom is -0.397 e. The molecule has 0 spiro atoms. The first-order chi connectivity index (χ1) is 6.91. The van der Waals surface area contributed by atoms with Gasteiger partial charge in [0.25, 0.3) is 0 Å². The molecule has 0 aliphatic carbocycles. The summed E-state index contributed by atoms with van der Waals surface area (Å²) in [6.07, 6.45) is 0. The number of hydrogen-bond donors (Lipinski definition) is 2. The Balaban J connectivity index is 2.83. The Morgan fingerprint density at radius 2 is 1.93 bits per heavy atom. The van der Waals surface area contributed by atoms with Crippen LogP contribution < -0.4 is 10.5 Å². The molecule has 0 aliphatic heterocycles. The van der Waals surface area contributed by atoms with Gasteiger partial charge in [-0.2, -0.15) is 0 Å². The van der Waals surface area contributed by atoms with Gasteiger partial charge in [-0.1, -0.05) is 26.0 Å². The number of nitrogen functional groups attached to an aromatic ring is 1. The number of hydrogen-bond acceptors (Lipinski definition) is 3. The highest BCUT2D eigenvalue weighted by atomic mass is 32.2. The van der Waals surface area contributed by atoms with Crippen molar-refractivity contribution in [1.82, 2.24) is 0 Å². The van der Waals surface area contributed by atoms with Gasteiger partial charge in [-0.05, 0) is 18.1 Å². The summed E-state index contributed by atoms with van der Waals surface area (Å²) in [7, 11) is -3.29. The van der Waals surface area contributed by atoms with E-state index >= 15 is 0 Å². The monoisotopic (exact) mass is 228 g/mol. The summed E-state index contributed by atoms with van der Waals surface area (Å²) in [5.41, 5.74) is 6.51. The molecule has 0 bridgehead atoms. The van der Waals surface area contributed by atoms with Crippen LogP contribution in [0.1, 0.15) is 13.8 Å². The zero-order chi connectivity index (χ0) is 11.5. The third kappa shape index (κ3) is 3.79. The lowest BCUT2D eigenvalue weighted by Crippen LogP contribution is -2.20. The highest BCUT2D eigenvalue weighted by Gasteiger charge is 2.13. The molecule has 3 N–H and O–H groups in total. The van der Waals surface area contributed by atoms with Crippen LogP contribution in [-0.2, 0) is 10.0 Å². The fraction of sp³-hybridized carbons (Fsp3) is 0.400. The predicted molar refractivity (Wildman–Crippen MR) is 63.1 cm³/mol. The molecule has 0 radical (unpaired) electrons. The van der Waals surface area contributed by atoms with E-state index < -0.39 is 10.0 Å². The van der Waals surface area contributed by atoms with Crippen molar-refractivity contribution < 1.29 is 8.42 Å². The molecule has 15 heavy (non-hydrogen) atoms. The van der Waals surface area contributed by atoms with E-state index in [4.69, 9.17) is 5.73 Å². The van der Waals surface area contributed by atoms with Crippen LogP contribution in [0.25, 0.3) is 0 Å². The van der Waals surface area contributed by atoms with Gasteiger partial charge in [0.2, 0.25) is 10.0 Å². The van der Waals surface area contributed by atoms with Crippen LogP contribution in [-0.4, -0.2) is 14.2 Å². The Kier molecular flexibility index (Phi) is 3.57. The van der Waals surface area contributed by atoms with Crippen molar-refractivity contribution in [3.05, 3.63) is 24.3 Å². The average Bonchev–Trinajstić information content (AvgIpc) is 2.06. The second-order valence-corrected chi connectivity index (χ2v) is 5.63. The average molecular weight is 228 g/mol. The van der Waals surface area contributed by atoms with Gasteiger partial charge >= 0.3 is 0 Å². The molecule has 0 saturated carbocycles. The predicted octanol–water partition coefficient (Wildman–Crippen LogP) is 1.67. The van der Waals surface area contributed by atoms with Crippen molar-refractivity contribution >= 4 is 21.4 Å². The largest absolute Gasteiger partial charge is 0.397 e. The Morgan fingerprint density at radius 3 is 2.47 bits per heavy atom. The van der Waals surface area contributed by atoms with Gasteiger partial charge in [0.1, 0.15) is 0 Å². The third-order valence-corrected chi connectivity index (χ3v) is 3.42. The van der Waals surface area contributed by atoms with Gasteiger partial charge in [-0.15, -0.1) is 0 Å². The highest BCUT2D eigenvalue weighted by molar-refractivity contribution is 7.92. The summed E-state index contributed by atoms with van der Waals surface area (Å²) < 4.78 is 25.7. The van der Waals surface area contributed by atoms with Crippen LogP contribution in [0.4, 0.5) is 11.4 Å². The van der Waals surface area contributed by atoms with Crippen molar-refractivity contribution in [3.63, 3.8) is 0 Å². The maximum Gasteiger partial charge on any atom is 0.233 e. The molecular weight excluding hydrogens is 212 g/mol. The van der Waals surface area contributed by atoms with Crippen molar-refractivity contribution in [3.8, 4) is 0 Å². The van der Waals surface area contributed by atoms with E-state index in [-0.39, 0.29) is 11.7 Å². The van der Waals surface area contributed by atoms with Gasteiger partial charge < -0.3 is 5.73 Å². The Bertz CT molecular complexity index is 427. The number of sulfonamides is 1. The smallest absolute Gasteiger partial charge is 0.233 e. The Morgan fingerprint density at radius 1 is 1.33 bits per heavy atom. The fourth-order valence-corrected chi connectivity index (χ4v) is 2.72. The van der Waals surface area contributed by atoms with E-state index in [0.717, 1.165) is 0 Å². The lowest BCUT2D eigenvalue weighted by molar-refractivity contribution is 0.587. The summed E-state index contributed by atoms with van der Waals surface area (Å²) in [6.45, 7) is 3.71. The molecule has 1 aromatic carbocycles. The van der Waals surface area contributed by atoms with E-state index in [0.29, 0.717) is 11.4 Å². The fourth-order valence-electron chi connectivity index (χ4n) is 1.24. The van der Waals surface area contributed by atoms with Crippen molar-refractivity contribution in [2.24, 2.45) is 5.92 Å². The minimum absolute atomic E-state index is 0.0902.